The fourth-order valence-electron chi connectivity index (χ4n) is 1.61. The first-order valence-corrected chi connectivity index (χ1v) is 6.11. The van der Waals surface area contributed by atoms with E-state index in [1.54, 1.807) is 0 Å². The summed E-state index contributed by atoms with van der Waals surface area (Å²) in [6.07, 6.45) is 0. The van der Waals surface area contributed by atoms with Crippen molar-refractivity contribution >= 4 is 5.97 Å². The first-order valence-electron chi connectivity index (χ1n) is 6.11. The Labute approximate surface area is 113 Å². The summed E-state index contributed by atoms with van der Waals surface area (Å²) in [5.41, 5.74) is 9.46. The van der Waals surface area contributed by atoms with Gasteiger partial charge in [-0.25, -0.2) is 0 Å². The molecule has 3 nitrogen and oxygen atoms in total. The van der Waals surface area contributed by atoms with E-state index < -0.39 is 5.97 Å². The van der Waals surface area contributed by atoms with Crippen molar-refractivity contribution in [2.75, 3.05) is 0 Å². The number of carboxylic acid groups (broad SMARTS) is 1. The lowest BCUT2D eigenvalue weighted by atomic mass is 10.0. The molecule has 3 heteroatoms. The minimum atomic E-state index is -0.833. The van der Waals surface area contributed by atoms with Crippen LogP contribution >= 0.6 is 0 Å². The molecule has 19 heavy (non-hydrogen) atoms. The van der Waals surface area contributed by atoms with Gasteiger partial charge in [-0.2, -0.15) is 0 Å². The molecule has 0 aliphatic carbocycles. The molecule has 2 aromatic rings. The highest BCUT2D eigenvalue weighted by Crippen LogP contribution is 2.20. The highest BCUT2D eigenvalue weighted by atomic mass is 16.4. The van der Waals surface area contributed by atoms with Crippen LogP contribution in [0.4, 0.5) is 0 Å². The molecular formula is C16H19NO2. The summed E-state index contributed by atoms with van der Waals surface area (Å²) in [6, 6.07) is 18.9. The Morgan fingerprint density at radius 2 is 1.42 bits per heavy atom. The quantitative estimate of drug-likeness (QED) is 0.866. The molecule has 0 radical (unpaired) electrons. The van der Waals surface area contributed by atoms with Crippen LogP contribution in [0, 0.1) is 0 Å². The fraction of sp³-hybridized carbons (Fsp3) is 0.188. The summed E-state index contributed by atoms with van der Waals surface area (Å²) in [5.74, 6) is -0.833. The molecule has 0 saturated carbocycles. The number of benzene rings is 2. The van der Waals surface area contributed by atoms with Gasteiger partial charge < -0.3 is 10.8 Å². The molecule has 0 aliphatic rings. The van der Waals surface area contributed by atoms with Crippen molar-refractivity contribution in [1.82, 2.24) is 0 Å². The Morgan fingerprint density at radius 1 is 1.00 bits per heavy atom. The van der Waals surface area contributed by atoms with E-state index >= 15 is 0 Å². The third-order valence-electron chi connectivity index (χ3n) is 2.54. The number of hydrogen-bond acceptors (Lipinski definition) is 2. The Hall–Kier alpha value is -2.13. The molecule has 0 saturated heterocycles. The molecule has 0 heterocycles. The van der Waals surface area contributed by atoms with Crippen molar-refractivity contribution in [3.8, 4) is 11.1 Å². The molecule has 1 unspecified atom stereocenters. The van der Waals surface area contributed by atoms with Gasteiger partial charge in [0, 0.05) is 13.0 Å². The third-order valence-corrected chi connectivity index (χ3v) is 2.54. The predicted molar refractivity (Wildman–Crippen MR) is 77.8 cm³/mol. The summed E-state index contributed by atoms with van der Waals surface area (Å²) in [4.78, 5) is 9.00. The van der Waals surface area contributed by atoms with E-state index in [4.69, 9.17) is 15.6 Å². The molecule has 0 bridgehead atoms. The van der Waals surface area contributed by atoms with Crippen LogP contribution in [-0.2, 0) is 4.79 Å². The predicted octanol–water partition coefficient (Wildman–Crippen LogP) is 3.46. The lowest BCUT2D eigenvalue weighted by Gasteiger charge is -2.06. The highest BCUT2D eigenvalue weighted by molar-refractivity contribution is 5.63. The molecule has 0 fully saturated rings. The maximum Gasteiger partial charge on any atom is 0.300 e. The lowest BCUT2D eigenvalue weighted by molar-refractivity contribution is -0.134. The minimum absolute atomic E-state index is 0.106. The van der Waals surface area contributed by atoms with Gasteiger partial charge in [0.2, 0.25) is 0 Å². The molecule has 3 N–H and O–H groups in total. The van der Waals surface area contributed by atoms with Crippen molar-refractivity contribution in [3.63, 3.8) is 0 Å². The first kappa shape index (κ1) is 14.9. The van der Waals surface area contributed by atoms with Gasteiger partial charge in [0.1, 0.15) is 0 Å². The standard InChI is InChI=1S/C14H15N.C2H4O2/c1-11(15)12-7-9-14(10-8-12)13-5-3-2-4-6-13;1-2(3)4/h2-11H,15H2,1H3;1H3,(H,3,4). The number of carboxylic acids is 1. The minimum Gasteiger partial charge on any atom is -0.481 e. The SMILES string of the molecule is CC(=O)O.CC(N)c1ccc(-c2ccccc2)cc1. The van der Waals surface area contributed by atoms with Gasteiger partial charge >= 0.3 is 0 Å². The topological polar surface area (TPSA) is 63.3 Å². The smallest absolute Gasteiger partial charge is 0.300 e. The molecule has 2 aromatic carbocycles. The zero-order valence-electron chi connectivity index (χ0n) is 11.2. The van der Waals surface area contributed by atoms with Gasteiger partial charge in [0.15, 0.2) is 0 Å². The number of carbonyl (C=O) groups is 1. The normalized spacial score (nSPS) is 11.1. The average Bonchev–Trinajstić information content (AvgIpc) is 2.39. The molecule has 0 aromatic heterocycles. The van der Waals surface area contributed by atoms with Crippen LogP contribution in [-0.4, -0.2) is 11.1 Å². The third kappa shape index (κ3) is 5.36. The van der Waals surface area contributed by atoms with Crippen LogP contribution in [0.3, 0.4) is 0 Å². The van der Waals surface area contributed by atoms with Crippen LogP contribution < -0.4 is 5.73 Å². The lowest BCUT2D eigenvalue weighted by Crippen LogP contribution is -2.04. The van der Waals surface area contributed by atoms with Crippen LogP contribution in [0.2, 0.25) is 0 Å². The number of aliphatic carboxylic acids is 1. The van der Waals surface area contributed by atoms with Gasteiger partial charge in [-0.05, 0) is 23.6 Å². The fourth-order valence-corrected chi connectivity index (χ4v) is 1.61. The van der Waals surface area contributed by atoms with Crippen molar-refractivity contribution in [3.05, 3.63) is 60.2 Å². The van der Waals surface area contributed by atoms with E-state index in [0.717, 1.165) is 6.92 Å². The van der Waals surface area contributed by atoms with Crippen LogP contribution in [0.1, 0.15) is 25.5 Å². The zero-order chi connectivity index (χ0) is 14.3. The van der Waals surface area contributed by atoms with Crippen molar-refractivity contribution < 1.29 is 9.90 Å². The molecule has 2 rings (SSSR count). The molecule has 100 valence electrons. The monoisotopic (exact) mass is 257 g/mol. The van der Waals surface area contributed by atoms with Gasteiger partial charge in [0.25, 0.3) is 5.97 Å². The van der Waals surface area contributed by atoms with Crippen LogP contribution in [0.25, 0.3) is 11.1 Å². The molecule has 1 atom stereocenters. The van der Waals surface area contributed by atoms with E-state index in [-0.39, 0.29) is 6.04 Å². The molecule has 0 aliphatic heterocycles. The molecular weight excluding hydrogens is 238 g/mol. The molecule has 0 amide bonds. The summed E-state index contributed by atoms with van der Waals surface area (Å²) in [6.45, 7) is 3.08. The van der Waals surface area contributed by atoms with E-state index in [9.17, 15) is 0 Å². The summed E-state index contributed by atoms with van der Waals surface area (Å²) < 4.78 is 0. The Morgan fingerprint density at radius 3 is 1.84 bits per heavy atom. The Kier molecular flexibility index (Phi) is 5.76. The number of hydrogen-bond donors (Lipinski definition) is 2. The largest absolute Gasteiger partial charge is 0.481 e. The first-order chi connectivity index (χ1) is 9.00. The van der Waals surface area contributed by atoms with Gasteiger partial charge in [0.05, 0.1) is 0 Å². The average molecular weight is 257 g/mol. The van der Waals surface area contributed by atoms with E-state index in [0.29, 0.717) is 0 Å². The zero-order valence-corrected chi connectivity index (χ0v) is 11.2. The van der Waals surface area contributed by atoms with Crippen molar-refractivity contribution in [2.45, 2.75) is 19.9 Å². The Balaban J connectivity index is 0.000000399. The van der Waals surface area contributed by atoms with Gasteiger partial charge in [-0.3, -0.25) is 4.79 Å². The number of nitrogens with two attached hydrogens (primary N) is 1. The summed E-state index contributed by atoms with van der Waals surface area (Å²) in [7, 11) is 0. The van der Waals surface area contributed by atoms with E-state index in [1.807, 2.05) is 13.0 Å². The second-order valence-corrected chi connectivity index (χ2v) is 4.30. The van der Waals surface area contributed by atoms with Gasteiger partial charge in [-0.15, -0.1) is 0 Å². The second-order valence-electron chi connectivity index (χ2n) is 4.30. The summed E-state index contributed by atoms with van der Waals surface area (Å²) >= 11 is 0. The van der Waals surface area contributed by atoms with Crippen LogP contribution in [0.5, 0.6) is 0 Å². The van der Waals surface area contributed by atoms with E-state index in [1.165, 1.54) is 16.7 Å². The molecule has 0 spiro atoms. The van der Waals surface area contributed by atoms with Crippen molar-refractivity contribution in [2.24, 2.45) is 5.73 Å². The maximum atomic E-state index is 9.00. The second kappa shape index (κ2) is 7.34. The highest BCUT2D eigenvalue weighted by Gasteiger charge is 1.99. The number of rotatable bonds is 2. The Bertz CT molecular complexity index is 500. The summed E-state index contributed by atoms with van der Waals surface area (Å²) in [5, 5.41) is 7.42. The maximum absolute atomic E-state index is 9.00. The van der Waals surface area contributed by atoms with E-state index in [2.05, 4.69) is 48.5 Å². The van der Waals surface area contributed by atoms with Crippen molar-refractivity contribution in [1.29, 1.82) is 0 Å². The van der Waals surface area contributed by atoms with Crippen LogP contribution in [0.15, 0.2) is 54.6 Å². The van der Waals surface area contributed by atoms with Gasteiger partial charge in [-0.1, -0.05) is 54.6 Å².